The first-order chi connectivity index (χ1) is 9.85. The molecule has 0 bridgehead atoms. The van der Waals surface area contributed by atoms with E-state index in [1.807, 2.05) is 6.92 Å². The van der Waals surface area contributed by atoms with Crippen LogP contribution >= 0.6 is 0 Å². The molecule has 2 rings (SSSR count). The van der Waals surface area contributed by atoms with Gasteiger partial charge in [-0.3, -0.25) is 0 Å². The lowest BCUT2D eigenvalue weighted by Crippen LogP contribution is -2.37. The molecule has 2 nitrogen and oxygen atoms in total. The second kappa shape index (κ2) is 7.98. The molecule has 1 aliphatic rings. The van der Waals surface area contributed by atoms with Crippen molar-refractivity contribution in [3.05, 3.63) is 36.4 Å². The highest BCUT2D eigenvalue weighted by Crippen LogP contribution is 2.28. The third-order valence-corrected chi connectivity index (χ3v) is 4.03. The van der Waals surface area contributed by atoms with Gasteiger partial charge < -0.3 is 9.64 Å². The quantitative estimate of drug-likeness (QED) is 0.690. The molecule has 1 aromatic carbocycles. The number of benzene rings is 1. The number of hydrogen-bond acceptors (Lipinski definition) is 2. The average Bonchev–Trinajstić information content (AvgIpc) is 2.51. The second-order valence-corrected chi connectivity index (χ2v) is 5.44. The largest absolute Gasteiger partial charge is 0.494 e. The highest BCUT2D eigenvalue weighted by atomic mass is 16.5. The summed E-state index contributed by atoms with van der Waals surface area (Å²) in [5, 5.41) is 0. The van der Waals surface area contributed by atoms with Gasteiger partial charge in [-0.25, -0.2) is 0 Å². The van der Waals surface area contributed by atoms with Crippen LogP contribution in [-0.4, -0.2) is 19.2 Å². The minimum atomic E-state index is 0.692. The zero-order valence-electron chi connectivity index (χ0n) is 12.8. The maximum Gasteiger partial charge on any atom is 0.119 e. The molecule has 0 saturated heterocycles. The molecule has 0 unspecified atom stereocenters. The van der Waals surface area contributed by atoms with Gasteiger partial charge in [0.15, 0.2) is 0 Å². The van der Waals surface area contributed by atoms with Crippen molar-refractivity contribution in [1.82, 2.24) is 0 Å². The standard InChI is InChI=1S/C18H27NO/c1-3-5-15-19(16-9-7-6-8-10-16)17-11-13-18(14-12-17)20-4-2/h3,5,11-14,16H,4,6-10,15H2,1-2H3/b5-3+. The van der Waals surface area contributed by atoms with E-state index in [0.29, 0.717) is 6.04 Å². The highest BCUT2D eigenvalue weighted by Gasteiger charge is 2.20. The van der Waals surface area contributed by atoms with Crippen LogP contribution in [0, 0.1) is 0 Å². The molecule has 2 heteroatoms. The van der Waals surface area contributed by atoms with Crippen LogP contribution in [0.4, 0.5) is 5.69 Å². The Balaban J connectivity index is 2.11. The van der Waals surface area contributed by atoms with Crippen molar-refractivity contribution in [2.24, 2.45) is 0 Å². The van der Waals surface area contributed by atoms with E-state index in [9.17, 15) is 0 Å². The molecule has 1 saturated carbocycles. The summed E-state index contributed by atoms with van der Waals surface area (Å²) in [5.41, 5.74) is 1.32. The molecular formula is C18H27NO. The summed E-state index contributed by atoms with van der Waals surface area (Å²) in [7, 11) is 0. The van der Waals surface area contributed by atoms with Crippen molar-refractivity contribution in [3.63, 3.8) is 0 Å². The molecule has 1 aliphatic carbocycles. The minimum Gasteiger partial charge on any atom is -0.494 e. The summed E-state index contributed by atoms with van der Waals surface area (Å²) in [6.45, 7) is 5.85. The van der Waals surface area contributed by atoms with Crippen LogP contribution < -0.4 is 9.64 Å². The van der Waals surface area contributed by atoms with Gasteiger partial charge >= 0.3 is 0 Å². The summed E-state index contributed by atoms with van der Waals surface area (Å²) in [5.74, 6) is 0.964. The van der Waals surface area contributed by atoms with Gasteiger partial charge in [0, 0.05) is 18.3 Å². The molecule has 0 aromatic heterocycles. The topological polar surface area (TPSA) is 12.5 Å². The minimum absolute atomic E-state index is 0.692. The molecule has 20 heavy (non-hydrogen) atoms. The Morgan fingerprint density at radius 2 is 1.85 bits per heavy atom. The van der Waals surface area contributed by atoms with E-state index >= 15 is 0 Å². The molecule has 1 aromatic rings. The van der Waals surface area contributed by atoms with Crippen LogP contribution in [0.3, 0.4) is 0 Å². The molecule has 0 atom stereocenters. The Hall–Kier alpha value is -1.44. The first-order valence-electron chi connectivity index (χ1n) is 7.95. The fourth-order valence-corrected chi connectivity index (χ4v) is 2.98. The second-order valence-electron chi connectivity index (χ2n) is 5.44. The Bertz CT molecular complexity index is 404. The molecule has 0 heterocycles. The van der Waals surface area contributed by atoms with Crippen molar-refractivity contribution in [2.45, 2.75) is 52.0 Å². The predicted molar refractivity (Wildman–Crippen MR) is 86.6 cm³/mol. The van der Waals surface area contributed by atoms with Gasteiger partial charge in [0.05, 0.1) is 6.61 Å². The van der Waals surface area contributed by atoms with Crippen molar-refractivity contribution in [3.8, 4) is 5.75 Å². The van der Waals surface area contributed by atoms with Gasteiger partial charge in [-0.05, 0) is 51.0 Å². The van der Waals surface area contributed by atoms with Crippen molar-refractivity contribution in [1.29, 1.82) is 0 Å². The molecule has 0 aliphatic heterocycles. The van der Waals surface area contributed by atoms with Gasteiger partial charge in [-0.15, -0.1) is 0 Å². The van der Waals surface area contributed by atoms with Crippen molar-refractivity contribution in [2.75, 3.05) is 18.1 Å². The summed E-state index contributed by atoms with van der Waals surface area (Å²) >= 11 is 0. The van der Waals surface area contributed by atoms with E-state index in [0.717, 1.165) is 18.9 Å². The molecule has 1 fully saturated rings. The maximum absolute atomic E-state index is 5.53. The number of hydrogen-bond donors (Lipinski definition) is 0. The molecule has 0 spiro atoms. The fourth-order valence-electron chi connectivity index (χ4n) is 2.98. The van der Waals surface area contributed by atoms with Crippen molar-refractivity contribution < 1.29 is 4.74 Å². The Kier molecular flexibility index (Phi) is 5.97. The van der Waals surface area contributed by atoms with E-state index in [1.54, 1.807) is 0 Å². The van der Waals surface area contributed by atoms with Gasteiger partial charge in [0.2, 0.25) is 0 Å². The smallest absolute Gasteiger partial charge is 0.119 e. The fraction of sp³-hybridized carbons (Fsp3) is 0.556. The van der Waals surface area contributed by atoms with Crippen LogP contribution in [-0.2, 0) is 0 Å². The van der Waals surface area contributed by atoms with E-state index in [1.165, 1.54) is 37.8 Å². The summed E-state index contributed by atoms with van der Waals surface area (Å²) in [6, 6.07) is 9.26. The van der Waals surface area contributed by atoms with E-state index in [-0.39, 0.29) is 0 Å². The van der Waals surface area contributed by atoms with E-state index in [2.05, 4.69) is 48.2 Å². The average molecular weight is 273 g/mol. The molecule has 0 N–H and O–H groups in total. The first-order valence-corrected chi connectivity index (χ1v) is 7.95. The first kappa shape index (κ1) is 15.0. The van der Waals surface area contributed by atoms with Gasteiger partial charge in [-0.2, -0.15) is 0 Å². The number of ether oxygens (including phenoxy) is 1. The lowest BCUT2D eigenvalue weighted by atomic mass is 9.93. The lowest BCUT2D eigenvalue weighted by Gasteiger charge is -2.35. The number of rotatable bonds is 6. The zero-order valence-corrected chi connectivity index (χ0v) is 12.8. The predicted octanol–water partition coefficient (Wildman–Crippen LogP) is 4.80. The molecule has 0 amide bonds. The Morgan fingerprint density at radius 1 is 1.15 bits per heavy atom. The van der Waals surface area contributed by atoms with Gasteiger partial charge in [0.25, 0.3) is 0 Å². The van der Waals surface area contributed by atoms with E-state index < -0.39 is 0 Å². The number of nitrogens with zero attached hydrogens (tertiary/aromatic N) is 1. The molecular weight excluding hydrogens is 246 g/mol. The van der Waals surface area contributed by atoms with E-state index in [4.69, 9.17) is 4.74 Å². The van der Waals surface area contributed by atoms with Crippen LogP contribution in [0.5, 0.6) is 5.75 Å². The summed E-state index contributed by atoms with van der Waals surface area (Å²) in [4.78, 5) is 2.55. The van der Waals surface area contributed by atoms with Gasteiger partial charge in [0.1, 0.15) is 5.75 Å². The van der Waals surface area contributed by atoms with Crippen molar-refractivity contribution >= 4 is 5.69 Å². The van der Waals surface area contributed by atoms with Crippen LogP contribution in [0.1, 0.15) is 46.0 Å². The lowest BCUT2D eigenvalue weighted by molar-refractivity contribution is 0.340. The SMILES string of the molecule is C/C=C/CN(c1ccc(OCC)cc1)C1CCCCC1. The number of anilines is 1. The molecule has 0 radical (unpaired) electrons. The third kappa shape index (κ3) is 4.03. The van der Waals surface area contributed by atoms with Gasteiger partial charge in [-0.1, -0.05) is 31.4 Å². The maximum atomic E-state index is 5.53. The summed E-state index contributed by atoms with van der Waals surface area (Å²) in [6.07, 6.45) is 11.2. The third-order valence-electron chi connectivity index (χ3n) is 4.03. The Morgan fingerprint density at radius 3 is 2.45 bits per heavy atom. The normalized spacial score (nSPS) is 16.5. The molecule has 110 valence electrons. The summed E-state index contributed by atoms with van der Waals surface area (Å²) < 4.78 is 5.53. The number of allylic oxidation sites excluding steroid dienone is 1. The Labute approximate surface area is 123 Å². The highest BCUT2D eigenvalue weighted by molar-refractivity contribution is 5.50. The zero-order chi connectivity index (χ0) is 14.2. The monoisotopic (exact) mass is 273 g/mol. The van der Waals surface area contributed by atoms with Crippen LogP contribution in [0.15, 0.2) is 36.4 Å². The van der Waals surface area contributed by atoms with Crippen LogP contribution in [0.2, 0.25) is 0 Å². The van der Waals surface area contributed by atoms with Crippen LogP contribution in [0.25, 0.3) is 0 Å².